The molecule has 4 rings (SSSR count). The number of carbonyl (C=O) groups excluding carboxylic acids is 2. The van der Waals surface area contributed by atoms with Gasteiger partial charge in [-0.2, -0.15) is 0 Å². The minimum absolute atomic E-state index is 0.0780. The van der Waals surface area contributed by atoms with E-state index in [2.05, 4.69) is 15.3 Å². The van der Waals surface area contributed by atoms with Crippen LogP contribution in [0.3, 0.4) is 0 Å². The number of rotatable bonds is 4. The first-order chi connectivity index (χ1) is 12.5. The number of likely N-dealkylation sites (tertiary alicyclic amines) is 2. The van der Waals surface area contributed by atoms with E-state index in [1.165, 1.54) is 0 Å². The Morgan fingerprint density at radius 3 is 2.62 bits per heavy atom. The standard InChI is InChI=1S/C19H23N5O2/c1-13-8-17(21-24(13)15-6-4-3-5-7-15)20-19(26)14-9-18(25)23(10-14)16-11-22(2)12-16/h3-8,14,16H,9-12H2,1-2H3,(H,20,21,26). The largest absolute Gasteiger partial charge is 0.336 e. The molecule has 1 aromatic heterocycles. The van der Waals surface area contributed by atoms with Crippen LogP contribution in [0, 0.1) is 12.8 Å². The van der Waals surface area contributed by atoms with Crippen molar-refractivity contribution in [2.75, 3.05) is 32.0 Å². The highest BCUT2D eigenvalue weighted by Gasteiger charge is 2.41. The number of hydrogen-bond donors (Lipinski definition) is 1. The minimum Gasteiger partial charge on any atom is -0.336 e. The molecule has 136 valence electrons. The van der Waals surface area contributed by atoms with Gasteiger partial charge >= 0.3 is 0 Å². The van der Waals surface area contributed by atoms with Gasteiger partial charge in [0, 0.05) is 37.8 Å². The number of nitrogens with one attached hydrogen (secondary N) is 1. The molecule has 7 nitrogen and oxygen atoms in total. The average molecular weight is 353 g/mol. The van der Waals surface area contributed by atoms with Gasteiger partial charge in [0.05, 0.1) is 17.6 Å². The number of anilines is 1. The van der Waals surface area contributed by atoms with Crippen molar-refractivity contribution < 1.29 is 9.59 Å². The zero-order valence-corrected chi connectivity index (χ0v) is 15.1. The number of hydrogen-bond acceptors (Lipinski definition) is 4. The van der Waals surface area contributed by atoms with Crippen molar-refractivity contribution in [3.05, 3.63) is 42.1 Å². The van der Waals surface area contributed by atoms with E-state index in [0.717, 1.165) is 24.5 Å². The van der Waals surface area contributed by atoms with E-state index in [1.54, 1.807) is 4.68 Å². The van der Waals surface area contributed by atoms with Crippen molar-refractivity contribution in [1.29, 1.82) is 0 Å². The highest BCUT2D eigenvalue weighted by molar-refractivity contribution is 5.96. The molecule has 1 unspecified atom stereocenters. The first kappa shape index (κ1) is 16.8. The molecule has 0 aliphatic carbocycles. The highest BCUT2D eigenvalue weighted by Crippen LogP contribution is 2.25. The van der Waals surface area contributed by atoms with Crippen LogP contribution < -0.4 is 5.32 Å². The Kier molecular flexibility index (Phi) is 4.24. The van der Waals surface area contributed by atoms with Gasteiger partial charge in [-0.3, -0.25) is 9.59 Å². The number of para-hydroxylation sites is 1. The van der Waals surface area contributed by atoms with Crippen molar-refractivity contribution in [2.24, 2.45) is 5.92 Å². The van der Waals surface area contributed by atoms with Gasteiger partial charge in [0.25, 0.3) is 0 Å². The van der Waals surface area contributed by atoms with E-state index in [4.69, 9.17) is 0 Å². The Labute approximate surface area is 152 Å². The van der Waals surface area contributed by atoms with E-state index in [1.807, 2.05) is 55.3 Å². The summed E-state index contributed by atoms with van der Waals surface area (Å²) in [6.07, 6.45) is 0.282. The molecule has 2 fully saturated rings. The van der Waals surface area contributed by atoms with Crippen molar-refractivity contribution in [3.8, 4) is 5.69 Å². The molecule has 2 aliphatic heterocycles. The maximum atomic E-state index is 12.6. The number of aryl methyl sites for hydroxylation is 1. The second-order valence-corrected chi connectivity index (χ2v) is 7.23. The zero-order chi connectivity index (χ0) is 18.3. The van der Waals surface area contributed by atoms with Gasteiger partial charge in [0.1, 0.15) is 0 Å². The summed E-state index contributed by atoms with van der Waals surface area (Å²) >= 11 is 0. The highest BCUT2D eigenvalue weighted by atomic mass is 16.2. The molecule has 3 heterocycles. The van der Waals surface area contributed by atoms with Gasteiger partial charge in [-0.1, -0.05) is 18.2 Å². The molecule has 2 aliphatic rings. The summed E-state index contributed by atoms with van der Waals surface area (Å²) < 4.78 is 1.80. The van der Waals surface area contributed by atoms with Crippen LogP contribution in [-0.4, -0.2) is 64.1 Å². The summed E-state index contributed by atoms with van der Waals surface area (Å²) in [6, 6.07) is 11.9. The fraction of sp³-hybridized carbons (Fsp3) is 0.421. The number of aromatic nitrogens is 2. The smallest absolute Gasteiger partial charge is 0.230 e. The fourth-order valence-electron chi connectivity index (χ4n) is 3.72. The third kappa shape index (κ3) is 3.10. The van der Waals surface area contributed by atoms with Crippen LogP contribution in [0.4, 0.5) is 5.82 Å². The van der Waals surface area contributed by atoms with E-state index < -0.39 is 0 Å². The quantitative estimate of drug-likeness (QED) is 0.899. The van der Waals surface area contributed by atoms with Crippen LogP contribution in [0.25, 0.3) is 5.69 Å². The van der Waals surface area contributed by atoms with Crippen LogP contribution in [0.5, 0.6) is 0 Å². The van der Waals surface area contributed by atoms with Crippen molar-refractivity contribution >= 4 is 17.6 Å². The van der Waals surface area contributed by atoms with Crippen LogP contribution >= 0.6 is 0 Å². The molecule has 1 atom stereocenters. The summed E-state index contributed by atoms with van der Waals surface area (Å²) in [5.41, 5.74) is 1.88. The topological polar surface area (TPSA) is 70.5 Å². The summed E-state index contributed by atoms with van der Waals surface area (Å²) in [7, 11) is 2.03. The maximum Gasteiger partial charge on any atom is 0.230 e. The first-order valence-electron chi connectivity index (χ1n) is 8.92. The molecule has 2 saturated heterocycles. The fourth-order valence-corrected chi connectivity index (χ4v) is 3.72. The lowest BCUT2D eigenvalue weighted by Gasteiger charge is -2.42. The molecule has 0 saturated carbocycles. The molecule has 0 spiro atoms. The second-order valence-electron chi connectivity index (χ2n) is 7.23. The summed E-state index contributed by atoms with van der Waals surface area (Å²) in [5.74, 6) is 0.154. The summed E-state index contributed by atoms with van der Waals surface area (Å²) in [4.78, 5) is 28.9. The molecule has 26 heavy (non-hydrogen) atoms. The van der Waals surface area contributed by atoms with Gasteiger partial charge in [-0.05, 0) is 26.1 Å². The number of amides is 2. The SMILES string of the molecule is Cc1cc(NC(=O)C2CC(=O)N(C3CN(C)C3)C2)nn1-c1ccccc1. The molecule has 0 radical (unpaired) electrons. The van der Waals surface area contributed by atoms with Gasteiger partial charge in [0.2, 0.25) is 11.8 Å². The lowest BCUT2D eigenvalue weighted by molar-refractivity contribution is -0.132. The molecule has 2 aromatic rings. The Morgan fingerprint density at radius 2 is 1.92 bits per heavy atom. The van der Waals surface area contributed by atoms with Crippen LogP contribution in [0.1, 0.15) is 12.1 Å². The molecule has 0 bridgehead atoms. The number of likely N-dealkylation sites (N-methyl/N-ethyl adjacent to an activating group) is 1. The third-order valence-electron chi connectivity index (χ3n) is 5.15. The van der Waals surface area contributed by atoms with Crippen LogP contribution in [-0.2, 0) is 9.59 Å². The lowest BCUT2D eigenvalue weighted by Crippen LogP contribution is -2.58. The van der Waals surface area contributed by atoms with Crippen LogP contribution in [0.2, 0.25) is 0 Å². The number of benzene rings is 1. The Bertz CT molecular complexity index is 826. The molecule has 1 N–H and O–H groups in total. The molecular weight excluding hydrogens is 330 g/mol. The Balaban J connectivity index is 1.42. The van der Waals surface area contributed by atoms with Gasteiger partial charge in [-0.25, -0.2) is 4.68 Å². The van der Waals surface area contributed by atoms with E-state index in [0.29, 0.717) is 12.4 Å². The number of carbonyl (C=O) groups is 2. The van der Waals surface area contributed by atoms with E-state index in [9.17, 15) is 9.59 Å². The average Bonchev–Trinajstić information content (AvgIpc) is 3.15. The predicted molar refractivity (Wildman–Crippen MR) is 98.0 cm³/mol. The predicted octanol–water partition coefficient (Wildman–Crippen LogP) is 1.28. The monoisotopic (exact) mass is 353 g/mol. The van der Waals surface area contributed by atoms with Gasteiger partial charge in [-0.15, -0.1) is 5.10 Å². The van der Waals surface area contributed by atoms with Gasteiger partial charge < -0.3 is 15.1 Å². The van der Waals surface area contributed by atoms with E-state index in [-0.39, 0.29) is 30.2 Å². The van der Waals surface area contributed by atoms with Gasteiger partial charge in [0.15, 0.2) is 5.82 Å². The van der Waals surface area contributed by atoms with Crippen molar-refractivity contribution in [2.45, 2.75) is 19.4 Å². The molecule has 1 aromatic carbocycles. The third-order valence-corrected chi connectivity index (χ3v) is 5.15. The van der Waals surface area contributed by atoms with E-state index >= 15 is 0 Å². The molecule has 2 amide bonds. The summed E-state index contributed by atoms with van der Waals surface area (Å²) in [6.45, 7) is 4.23. The second kappa shape index (κ2) is 6.57. The maximum absolute atomic E-state index is 12.6. The molecule has 7 heteroatoms. The van der Waals surface area contributed by atoms with Crippen molar-refractivity contribution in [3.63, 3.8) is 0 Å². The lowest BCUT2D eigenvalue weighted by atomic mass is 10.1. The zero-order valence-electron chi connectivity index (χ0n) is 15.1. The van der Waals surface area contributed by atoms with Crippen LogP contribution in [0.15, 0.2) is 36.4 Å². The summed E-state index contributed by atoms with van der Waals surface area (Å²) in [5, 5.41) is 7.36. The Hall–Kier alpha value is -2.67. The first-order valence-corrected chi connectivity index (χ1v) is 8.92. The number of nitrogens with zero attached hydrogens (tertiary/aromatic N) is 4. The minimum atomic E-state index is -0.310. The molecular formula is C19H23N5O2. The van der Waals surface area contributed by atoms with Crippen molar-refractivity contribution in [1.82, 2.24) is 19.6 Å². The normalized spacial score (nSPS) is 21.1. The Morgan fingerprint density at radius 1 is 1.19 bits per heavy atom.